The summed E-state index contributed by atoms with van der Waals surface area (Å²) in [7, 11) is 0. The van der Waals surface area contributed by atoms with E-state index in [9.17, 15) is 20.2 Å². The smallest absolute Gasteiger partial charge is 0.299 e. The van der Waals surface area contributed by atoms with Gasteiger partial charge in [0.05, 0.1) is 15.9 Å². The summed E-state index contributed by atoms with van der Waals surface area (Å²) >= 11 is 0. The average Bonchev–Trinajstić information content (AvgIpc) is 2.25. The van der Waals surface area contributed by atoms with Crippen molar-refractivity contribution >= 4 is 17.1 Å². The second-order valence-electron chi connectivity index (χ2n) is 3.00. The number of hydrogen-bond donors (Lipinski definition) is 1. The van der Waals surface area contributed by atoms with E-state index in [1.165, 1.54) is 12.1 Å². The molecule has 0 fully saturated rings. The van der Waals surface area contributed by atoms with Crippen LogP contribution in [0.4, 0.5) is 17.1 Å². The zero-order chi connectivity index (χ0) is 12.1. The van der Waals surface area contributed by atoms with E-state index in [-0.39, 0.29) is 17.1 Å². The summed E-state index contributed by atoms with van der Waals surface area (Å²) in [6, 6.07) is 3.48. The summed E-state index contributed by atoms with van der Waals surface area (Å²) in [4.78, 5) is 19.8. The third kappa shape index (κ3) is 2.66. The molecule has 1 rings (SSSR count). The largest absolute Gasteiger partial charge is 0.379 e. The summed E-state index contributed by atoms with van der Waals surface area (Å²) in [5.74, 6) is 0. The fourth-order valence-electron chi connectivity index (χ4n) is 1.16. The lowest BCUT2D eigenvalue weighted by Gasteiger charge is -2.04. The summed E-state index contributed by atoms with van der Waals surface area (Å²) in [5, 5.41) is 23.9. The van der Waals surface area contributed by atoms with Gasteiger partial charge in [-0.25, -0.2) is 0 Å². The Balaban J connectivity index is 3.09. The van der Waals surface area contributed by atoms with Crippen LogP contribution in [0.2, 0.25) is 0 Å². The monoisotopic (exact) mass is 224 g/mol. The Morgan fingerprint density at radius 2 is 1.94 bits per heavy atom. The average molecular weight is 224 g/mol. The van der Waals surface area contributed by atoms with E-state index >= 15 is 0 Å². The molecule has 0 heterocycles. The van der Waals surface area contributed by atoms with Crippen LogP contribution < -0.4 is 5.32 Å². The quantitative estimate of drug-likeness (QED) is 0.610. The van der Waals surface area contributed by atoms with Gasteiger partial charge >= 0.3 is 0 Å². The number of nitro groups is 2. The highest BCUT2D eigenvalue weighted by Crippen LogP contribution is 2.28. The summed E-state index contributed by atoms with van der Waals surface area (Å²) < 4.78 is 0. The highest BCUT2D eigenvalue weighted by molar-refractivity contribution is 5.65. The van der Waals surface area contributed by atoms with E-state index < -0.39 is 9.85 Å². The molecule has 1 aromatic rings. The predicted molar refractivity (Wildman–Crippen MR) is 58.2 cm³/mol. The molecule has 0 spiro atoms. The molecule has 0 amide bonds. The molecule has 85 valence electrons. The van der Waals surface area contributed by atoms with Gasteiger partial charge in [-0.1, -0.05) is 6.92 Å². The van der Waals surface area contributed by atoms with Crippen molar-refractivity contribution in [3.05, 3.63) is 45.4 Å². The molecule has 7 nitrogen and oxygen atoms in total. The highest BCUT2D eigenvalue weighted by Gasteiger charge is 2.18. The first kappa shape index (κ1) is 11.9. The number of hydrogen-bond acceptors (Lipinski definition) is 5. The van der Waals surface area contributed by atoms with E-state index in [0.29, 0.717) is 13.0 Å². The van der Waals surface area contributed by atoms with Gasteiger partial charge in [0.15, 0.2) is 0 Å². The number of anilines is 1. The minimum absolute atomic E-state index is 0.263. The molecule has 0 aliphatic heterocycles. The molecule has 0 saturated heterocycles. The summed E-state index contributed by atoms with van der Waals surface area (Å²) in [6.45, 7) is 4.05. The van der Waals surface area contributed by atoms with Crippen LogP contribution in [0.15, 0.2) is 18.2 Å². The Hall–Kier alpha value is -2.18. The summed E-state index contributed by atoms with van der Waals surface area (Å²) in [5.41, 5.74) is -0.339. The van der Waals surface area contributed by atoms with Crippen LogP contribution in [0.5, 0.6) is 0 Å². The van der Waals surface area contributed by atoms with Crippen LogP contribution >= 0.6 is 0 Å². The lowest BCUT2D eigenvalue weighted by atomic mass is 10.2. The van der Waals surface area contributed by atoms with Crippen LogP contribution in [0.1, 0.15) is 6.42 Å². The maximum Gasteiger partial charge on any atom is 0.299 e. The van der Waals surface area contributed by atoms with Crippen molar-refractivity contribution in [2.45, 2.75) is 6.42 Å². The Morgan fingerprint density at radius 3 is 2.44 bits per heavy atom. The van der Waals surface area contributed by atoms with E-state index in [4.69, 9.17) is 0 Å². The topological polar surface area (TPSA) is 98.3 Å². The Kier molecular flexibility index (Phi) is 3.76. The normalized spacial score (nSPS) is 9.81. The number of benzene rings is 1. The minimum atomic E-state index is -0.668. The first-order valence-corrected chi connectivity index (χ1v) is 4.52. The number of non-ortho nitro benzene ring substituents is 1. The zero-order valence-electron chi connectivity index (χ0n) is 8.38. The standard InChI is InChI=1S/C9H10N3O4/c1-2-5-10-8-4-3-7(11(13)14)6-9(8)12(15)16/h3-4,6,10H,1-2,5H2. The SMILES string of the molecule is [CH2]CCNc1ccc([N+](=O)[O-])cc1[N+](=O)[O-]. The molecule has 0 bridgehead atoms. The molecular formula is C9H10N3O4. The molecule has 0 saturated carbocycles. The predicted octanol–water partition coefficient (Wildman–Crippen LogP) is 2.14. The van der Waals surface area contributed by atoms with E-state index in [2.05, 4.69) is 12.2 Å². The number of nitrogens with one attached hydrogen (secondary N) is 1. The van der Waals surface area contributed by atoms with Crippen molar-refractivity contribution in [2.75, 3.05) is 11.9 Å². The van der Waals surface area contributed by atoms with Gasteiger partial charge in [-0.2, -0.15) is 0 Å². The maximum absolute atomic E-state index is 10.7. The van der Waals surface area contributed by atoms with Crippen LogP contribution in [-0.4, -0.2) is 16.4 Å². The van der Waals surface area contributed by atoms with Gasteiger partial charge < -0.3 is 5.32 Å². The molecule has 7 heteroatoms. The second kappa shape index (κ2) is 5.06. The summed E-state index contributed by atoms with van der Waals surface area (Å²) in [6.07, 6.45) is 0.564. The van der Waals surface area contributed by atoms with E-state index in [1.54, 1.807) is 0 Å². The van der Waals surface area contributed by atoms with Crippen molar-refractivity contribution in [2.24, 2.45) is 0 Å². The van der Waals surface area contributed by atoms with Crippen molar-refractivity contribution in [1.29, 1.82) is 0 Å². The second-order valence-corrected chi connectivity index (χ2v) is 3.00. The molecule has 0 unspecified atom stereocenters. The zero-order valence-corrected chi connectivity index (χ0v) is 8.38. The third-order valence-corrected chi connectivity index (χ3v) is 1.88. The lowest BCUT2D eigenvalue weighted by molar-refractivity contribution is -0.393. The molecular weight excluding hydrogens is 214 g/mol. The lowest BCUT2D eigenvalue weighted by Crippen LogP contribution is -2.03. The molecule has 1 N–H and O–H groups in total. The van der Waals surface area contributed by atoms with Crippen LogP contribution in [-0.2, 0) is 0 Å². The fourth-order valence-corrected chi connectivity index (χ4v) is 1.16. The van der Waals surface area contributed by atoms with Gasteiger partial charge in [0.1, 0.15) is 5.69 Å². The molecule has 16 heavy (non-hydrogen) atoms. The first-order valence-electron chi connectivity index (χ1n) is 4.52. The van der Waals surface area contributed by atoms with Crippen molar-refractivity contribution in [3.8, 4) is 0 Å². The Labute approximate surface area is 91.4 Å². The maximum atomic E-state index is 10.7. The van der Waals surface area contributed by atoms with Crippen molar-refractivity contribution < 1.29 is 9.85 Å². The first-order chi connectivity index (χ1) is 7.56. The van der Waals surface area contributed by atoms with Crippen LogP contribution in [0.3, 0.4) is 0 Å². The third-order valence-electron chi connectivity index (χ3n) is 1.88. The van der Waals surface area contributed by atoms with Gasteiger partial charge in [-0.3, -0.25) is 20.2 Å². The van der Waals surface area contributed by atoms with Gasteiger partial charge in [0.2, 0.25) is 0 Å². The molecule has 0 aliphatic rings. The van der Waals surface area contributed by atoms with Gasteiger partial charge in [-0.15, -0.1) is 0 Å². The highest BCUT2D eigenvalue weighted by atomic mass is 16.6. The Bertz CT molecular complexity index is 419. The van der Waals surface area contributed by atoms with E-state index in [1.807, 2.05) is 0 Å². The molecule has 1 radical (unpaired) electrons. The van der Waals surface area contributed by atoms with Crippen LogP contribution in [0.25, 0.3) is 0 Å². The fraction of sp³-hybridized carbons (Fsp3) is 0.222. The number of nitrogens with zero attached hydrogens (tertiary/aromatic N) is 2. The minimum Gasteiger partial charge on any atom is -0.379 e. The Morgan fingerprint density at radius 1 is 1.25 bits per heavy atom. The van der Waals surface area contributed by atoms with Crippen LogP contribution in [0, 0.1) is 27.2 Å². The number of rotatable bonds is 5. The molecule has 0 aromatic heterocycles. The number of nitro benzene ring substituents is 2. The van der Waals surface area contributed by atoms with Gasteiger partial charge in [-0.05, 0) is 12.5 Å². The van der Waals surface area contributed by atoms with E-state index in [0.717, 1.165) is 6.07 Å². The van der Waals surface area contributed by atoms with Gasteiger partial charge in [0, 0.05) is 12.6 Å². The van der Waals surface area contributed by atoms with Gasteiger partial charge in [0.25, 0.3) is 11.4 Å². The van der Waals surface area contributed by atoms with Crippen molar-refractivity contribution in [3.63, 3.8) is 0 Å². The molecule has 0 aliphatic carbocycles. The van der Waals surface area contributed by atoms with Crippen molar-refractivity contribution in [1.82, 2.24) is 0 Å². The molecule has 1 aromatic carbocycles. The molecule has 0 atom stereocenters.